The number of esters is 1. The Balaban J connectivity index is 1.39. The van der Waals surface area contributed by atoms with Crippen LogP contribution in [0.15, 0.2) is 40.5 Å². The lowest BCUT2D eigenvalue weighted by Gasteiger charge is -2.17. The van der Waals surface area contributed by atoms with Crippen LogP contribution in [-0.2, 0) is 20.9 Å². The summed E-state index contributed by atoms with van der Waals surface area (Å²) in [5, 5.41) is 1.85. The summed E-state index contributed by atoms with van der Waals surface area (Å²) in [6.07, 6.45) is 0.0886. The highest BCUT2D eigenvalue weighted by Crippen LogP contribution is 2.27. The molecule has 3 heterocycles. The van der Waals surface area contributed by atoms with Gasteiger partial charge in [0.1, 0.15) is 12.4 Å². The van der Waals surface area contributed by atoms with Gasteiger partial charge in [0, 0.05) is 35.8 Å². The average Bonchev–Trinajstić information content (AvgIpc) is 3.30. The summed E-state index contributed by atoms with van der Waals surface area (Å²) in [5.74, 6) is -0.433. The lowest BCUT2D eigenvalue weighted by molar-refractivity contribution is -0.149. The molecule has 1 fully saturated rings. The summed E-state index contributed by atoms with van der Waals surface area (Å²) in [5.41, 5.74) is 1.72. The molecule has 8 nitrogen and oxygen atoms in total. The molecule has 1 unspecified atom stereocenters. The summed E-state index contributed by atoms with van der Waals surface area (Å²) in [6, 6.07) is 8.55. The van der Waals surface area contributed by atoms with Gasteiger partial charge in [0.25, 0.3) is 5.56 Å². The largest absolute Gasteiger partial charge is 0.494 e. The number of carbonyl (C=O) groups is 2. The van der Waals surface area contributed by atoms with E-state index in [9.17, 15) is 14.4 Å². The summed E-state index contributed by atoms with van der Waals surface area (Å²) in [4.78, 5) is 43.6. The number of anilines is 1. The molecule has 0 N–H and O–H groups in total. The molecule has 30 heavy (non-hydrogen) atoms. The third-order valence-electron chi connectivity index (χ3n) is 4.91. The number of hydrogen-bond acceptors (Lipinski definition) is 7. The molecule has 1 aromatic carbocycles. The van der Waals surface area contributed by atoms with Gasteiger partial charge in [-0.15, -0.1) is 11.3 Å². The number of amides is 1. The predicted octanol–water partition coefficient (Wildman–Crippen LogP) is 2.56. The van der Waals surface area contributed by atoms with E-state index in [1.807, 2.05) is 19.2 Å². The van der Waals surface area contributed by atoms with E-state index in [1.54, 1.807) is 29.2 Å². The van der Waals surface area contributed by atoms with Crippen molar-refractivity contribution in [3.8, 4) is 5.75 Å². The SMILES string of the molecule is CCOc1ccc(N2CC(C(=O)OCc3cc(=O)n4c(C)csc4n3)CC2=O)cc1. The zero-order valence-electron chi connectivity index (χ0n) is 16.7. The van der Waals surface area contributed by atoms with E-state index in [-0.39, 0.29) is 31.0 Å². The first kappa shape index (κ1) is 20.1. The van der Waals surface area contributed by atoms with Crippen molar-refractivity contribution in [2.24, 2.45) is 5.92 Å². The van der Waals surface area contributed by atoms with E-state index in [0.29, 0.717) is 22.9 Å². The number of rotatable bonds is 6. The molecular formula is C21H21N3O5S. The molecule has 1 aliphatic heterocycles. The Labute approximate surface area is 176 Å². The predicted molar refractivity (Wildman–Crippen MR) is 112 cm³/mol. The highest BCUT2D eigenvalue weighted by atomic mass is 32.1. The van der Waals surface area contributed by atoms with Crippen molar-refractivity contribution in [1.82, 2.24) is 9.38 Å². The van der Waals surface area contributed by atoms with Crippen molar-refractivity contribution in [2.75, 3.05) is 18.1 Å². The van der Waals surface area contributed by atoms with Crippen LogP contribution in [0.25, 0.3) is 4.96 Å². The van der Waals surface area contributed by atoms with E-state index in [4.69, 9.17) is 9.47 Å². The first-order valence-electron chi connectivity index (χ1n) is 9.63. The third kappa shape index (κ3) is 3.93. The fourth-order valence-corrected chi connectivity index (χ4v) is 4.33. The number of nitrogens with zero attached hydrogens (tertiary/aromatic N) is 3. The Morgan fingerprint density at radius 3 is 2.77 bits per heavy atom. The maximum atomic E-state index is 12.5. The van der Waals surface area contributed by atoms with Gasteiger partial charge in [-0.05, 0) is 38.1 Å². The lowest BCUT2D eigenvalue weighted by Crippen LogP contribution is -2.26. The average molecular weight is 427 g/mol. The topological polar surface area (TPSA) is 90.2 Å². The number of thiazole rings is 1. The number of aryl methyl sites for hydroxylation is 1. The lowest BCUT2D eigenvalue weighted by atomic mass is 10.1. The number of hydrogen-bond donors (Lipinski definition) is 0. The van der Waals surface area contributed by atoms with E-state index < -0.39 is 11.9 Å². The second-order valence-corrected chi connectivity index (χ2v) is 7.86. The van der Waals surface area contributed by atoms with Crippen LogP contribution in [0.2, 0.25) is 0 Å². The first-order valence-corrected chi connectivity index (χ1v) is 10.5. The monoisotopic (exact) mass is 427 g/mol. The van der Waals surface area contributed by atoms with Crippen LogP contribution in [0, 0.1) is 12.8 Å². The molecule has 0 saturated carbocycles. The van der Waals surface area contributed by atoms with Crippen LogP contribution in [0.5, 0.6) is 5.75 Å². The normalized spacial score (nSPS) is 16.3. The smallest absolute Gasteiger partial charge is 0.311 e. The van der Waals surface area contributed by atoms with Gasteiger partial charge in [0.05, 0.1) is 18.2 Å². The number of fused-ring (bicyclic) bond motifs is 1. The van der Waals surface area contributed by atoms with Gasteiger partial charge in [-0.25, -0.2) is 4.98 Å². The molecule has 2 aromatic heterocycles. The van der Waals surface area contributed by atoms with Crippen LogP contribution in [0.1, 0.15) is 24.7 Å². The zero-order chi connectivity index (χ0) is 21.3. The van der Waals surface area contributed by atoms with Crippen LogP contribution in [-0.4, -0.2) is 34.4 Å². The van der Waals surface area contributed by atoms with Gasteiger partial charge in [-0.2, -0.15) is 0 Å². The van der Waals surface area contributed by atoms with E-state index in [2.05, 4.69) is 4.98 Å². The molecule has 1 aliphatic rings. The minimum Gasteiger partial charge on any atom is -0.494 e. The second-order valence-electron chi connectivity index (χ2n) is 7.02. The molecule has 4 rings (SSSR count). The fraction of sp³-hybridized carbons (Fsp3) is 0.333. The van der Waals surface area contributed by atoms with Gasteiger partial charge >= 0.3 is 5.97 Å². The quantitative estimate of drug-likeness (QED) is 0.562. The maximum absolute atomic E-state index is 12.5. The Morgan fingerprint density at radius 1 is 1.27 bits per heavy atom. The van der Waals surface area contributed by atoms with Crippen LogP contribution in [0.3, 0.4) is 0 Å². The number of carbonyl (C=O) groups excluding carboxylic acids is 2. The summed E-state index contributed by atoms with van der Waals surface area (Å²) in [7, 11) is 0. The van der Waals surface area contributed by atoms with Crippen LogP contribution < -0.4 is 15.2 Å². The van der Waals surface area contributed by atoms with Crippen molar-refractivity contribution in [2.45, 2.75) is 26.9 Å². The Bertz CT molecular complexity index is 1150. The molecule has 9 heteroatoms. The Kier molecular flexibility index (Phi) is 5.54. The summed E-state index contributed by atoms with van der Waals surface area (Å²) >= 11 is 1.36. The zero-order valence-corrected chi connectivity index (χ0v) is 17.5. The van der Waals surface area contributed by atoms with E-state index in [0.717, 1.165) is 11.4 Å². The third-order valence-corrected chi connectivity index (χ3v) is 5.85. The van der Waals surface area contributed by atoms with Crippen molar-refractivity contribution in [3.05, 3.63) is 57.5 Å². The van der Waals surface area contributed by atoms with Gasteiger partial charge < -0.3 is 14.4 Å². The standard InChI is InChI=1S/C21H21N3O5S/c1-3-28-17-6-4-16(5-7-17)23-10-14(8-18(23)25)20(27)29-11-15-9-19(26)24-13(2)12-30-21(24)22-15/h4-7,9,12,14H,3,8,10-11H2,1-2H3. The molecule has 1 saturated heterocycles. The molecule has 156 valence electrons. The van der Waals surface area contributed by atoms with Gasteiger partial charge in [-0.1, -0.05) is 0 Å². The van der Waals surface area contributed by atoms with Crippen molar-refractivity contribution < 1.29 is 19.1 Å². The first-order chi connectivity index (χ1) is 14.5. The fourth-order valence-electron chi connectivity index (χ4n) is 3.44. The molecule has 0 radical (unpaired) electrons. The maximum Gasteiger partial charge on any atom is 0.311 e. The van der Waals surface area contributed by atoms with Crippen molar-refractivity contribution >= 4 is 33.9 Å². The Hall–Kier alpha value is -3.20. The molecule has 0 aliphatic carbocycles. The van der Waals surface area contributed by atoms with Gasteiger partial charge in [-0.3, -0.25) is 18.8 Å². The summed E-state index contributed by atoms with van der Waals surface area (Å²) in [6.45, 7) is 4.45. The highest BCUT2D eigenvalue weighted by Gasteiger charge is 2.36. The molecule has 0 spiro atoms. The molecule has 0 bridgehead atoms. The van der Waals surface area contributed by atoms with Gasteiger partial charge in [0.2, 0.25) is 5.91 Å². The van der Waals surface area contributed by atoms with Gasteiger partial charge in [0.15, 0.2) is 4.96 Å². The minimum absolute atomic E-state index is 0.0886. The van der Waals surface area contributed by atoms with E-state index >= 15 is 0 Å². The minimum atomic E-state index is -0.558. The van der Waals surface area contributed by atoms with Crippen LogP contribution >= 0.6 is 11.3 Å². The molecule has 3 aromatic rings. The molecule has 1 amide bonds. The molecular weight excluding hydrogens is 406 g/mol. The van der Waals surface area contributed by atoms with Crippen molar-refractivity contribution in [1.29, 1.82) is 0 Å². The van der Waals surface area contributed by atoms with Crippen molar-refractivity contribution in [3.63, 3.8) is 0 Å². The number of aromatic nitrogens is 2. The second kappa shape index (κ2) is 8.27. The number of benzene rings is 1. The summed E-state index contributed by atoms with van der Waals surface area (Å²) < 4.78 is 12.3. The Morgan fingerprint density at radius 2 is 2.03 bits per heavy atom. The molecule has 1 atom stereocenters. The highest BCUT2D eigenvalue weighted by molar-refractivity contribution is 7.15. The number of ether oxygens (including phenoxy) is 2. The van der Waals surface area contributed by atoms with E-state index in [1.165, 1.54) is 21.8 Å². The van der Waals surface area contributed by atoms with Crippen LogP contribution in [0.4, 0.5) is 5.69 Å².